The van der Waals surface area contributed by atoms with Crippen LogP contribution in [0.3, 0.4) is 0 Å². The van der Waals surface area contributed by atoms with E-state index in [1.165, 1.54) is 31.4 Å². The first-order valence-corrected chi connectivity index (χ1v) is 13.9. The molecule has 0 saturated heterocycles. The highest BCUT2D eigenvalue weighted by molar-refractivity contribution is 8.04. The topological polar surface area (TPSA) is 131 Å². The number of benzene rings is 4. The molecular weight excluding hydrogens is 568 g/mol. The van der Waals surface area contributed by atoms with Crippen LogP contribution in [0.2, 0.25) is 0 Å². The largest absolute Gasteiger partial charge is 0.497 e. The van der Waals surface area contributed by atoms with Crippen LogP contribution in [0.5, 0.6) is 5.75 Å². The van der Waals surface area contributed by atoms with Crippen molar-refractivity contribution in [3.63, 3.8) is 0 Å². The van der Waals surface area contributed by atoms with E-state index in [4.69, 9.17) is 4.74 Å². The molecule has 0 bridgehead atoms. The summed E-state index contributed by atoms with van der Waals surface area (Å²) in [4.78, 5) is 52.5. The van der Waals surface area contributed by atoms with E-state index in [-0.39, 0.29) is 21.9 Å². The van der Waals surface area contributed by atoms with E-state index in [0.717, 1.165) is 27.8 Å². The molecule has 3 amide bonds. The number of rotatable bonds is 9. The summed E-state index contributed by atoms with van der Waals surface area (Å²) in [5.41, 5.74) is 3.89. The standard InChI is InChI=1S/C32H26N4O6S/c1-19-7-10-23(17-20(19)2)33-28-29(32(39)35(31(28)38)24-13-15-26(42-3)16-14-24)43-27-6-4-5-22(18-27)34-30(37)21-8-11-25(12-9-21)36(40)41/h4-18,33H,1-3H3,(H,34,37). The normalized spacial score (nSPS) is 12.9. The maximum atomic E-state index is 13.8. The number of nitro benzene ring substituents is 1. The summed E-state index contributed by atoms with van der Waals surface area (Å²) in [7, 11) is 1.53. The molecule has 0 unspecified atom stereocenters. The summed E-state index contributed by atoms with van der Waals surface area (Å²) in [6, 6.07) is 24.4. The molecule has 4 aromatic carbocycles. The van der Waals surface area contributed by atoms with Gasteiger partial charge in [-0.2, -0.15) is 0 Å². The van der Waals surface area contributed by atoms with Crippen molar-refractivity contribution in [2.24, 2.45) is 0 Å². The molecule has 2 N–H and O–H groups in total. The van der Waals surface area contributed by atoms with Crippen molar-refractivity contribution in [3.05, 3.63) is 128 Å². The van der Waals surface area contributed by atoms with Crippen molar-refractivity contribution in [1.82, 2.24) is 0 Å². The molecule has 4 aromatic rings. The number of ether oxygens (including phenoxy) is 1. The number of hydrogen-bond acceptors (Lipinski definition) is 8. The molecule has 1 aliphatic rings. The quantitative estimate of drug-likeness (QED) is 0.128. The average molecular weight is 595 g/mol. The van der Waals surface area contributed by atoms with E-state index in [0.29, 0.717) is 27.7 Å². The first kappa shape index (κ1) is 29.1. The minimum Gasteiger partial charge on any atom is -0.497 e. The lowest BCUT2D eigenvalue weighted by molar-refractivity contribution is -0.384. The molecule has 1 heterocycles. The third-order valence-electron chi connectivity index (χ3n) is 6.80. The van der Waals surface area contributed by atoms with Gasteiger partial charge in [0.15, 0.2) is 0 Å². The smallest absolute Gasteiger partial charge is 0.283 e. The van der Waals surface area contributed by atoms with Gasteiger partial charge in [-0.15, -0.1) is 0 Å². The summed E-state index contributed by atoms with van der Waals surface area (Å²) in [5.74, 6) is -0.858. The predicted octanol–water partition coefficient (Wildman–Crippen LogP) is 6.46. The molecule has 0 aliphatic carbocycles. The number of hydrogen-bond donors (Lipinski definition) is 2. The van der Waals surface area contributed by atoms with Crippen molar-refractivity contribution in [3.8, 4) is 5.75 Å². The summed E-state index contributed by atoms with van der Waals surface area (Å²) < 4.78 is 5.22. The fraction of sp³-hybridized carbons (Fsp3) is 0.0938. The Kier molecular flexibility index (Phi) is 8.26. The van der Waals surface area contributed by atoms with Crippen molar-refractivity contribution in [2.45, 2.75) is 18.7 Å². The third-order valence-corrected chi connectivity index (χ3v) is 7.87. The second-order valence-corrected chi connectivity index (χ2v) is 10.7. The molecule has 11 heteroatoms. The molecule has 0 saturated carbocycles. The fourth-order valence-corrected chi connectivity index (χ4v) is 5.32. The zero-order valence-corrected chi connectivity index (χ0v) is 24.2. The zero-order chi connectivity index (χ0) is 30.7. The van der Waals surface area contributed by atoms with E-state index in [1.54, 1.807) is 48.5 Å². The molecule has 0 aromatic heterocycles. The highest BCUT2D eigenvalue weighted by Gasteiger charge is 2.40. The third kappa shape index (κ3) is 6.26. The SMILES string of the molecule is COc1ccc(N2C(=O)C(Nc3ccc(C)c(C)c3)=C(Sc3cccc(NC(=O)c4ccc([N+](=O)[O-])cc4)c3)C2=O)cc1. The summed E-state index contributed by atoms with van der Waals surface area (Å²) in [5, 5.41) is 16.9. The van der Waals surface area contributed by atoms with E-state index in [2.05, 4.69) is 10.6 Å². The number of nitro groups is 1. The van der Waals surface area contributed by atoms with Gasteiger partial charge < -0.3 is 15.4 Å². The minimum absolute atomic E-state index is 0.118. The Morgan fingerprint density at radius 3 is 2.23 bits per heavy atom. The maximum Gasteiger partial charge on any atom is 0.283 e. The van der Waals surface area contributed by atoms with Gasteiger partial charge in [0, 0.05) is 34.0 Å². The van der Waals surface area contributed by atoms with Crippen LogP contribution in [-0.4, -0.2) is 29.8 Å². The second kappa shape index (κ2) is 12.2. The maximum absolute atomic E-state index is 13.8. The predicted molar refractivity (Wildman–Crippen MR) is 165 cm³/mol. The molecule has 1 aliphatic heterocycles. The van der Waals surface area contributed by atoms with Crippen molar-refractivity contribution < 1.29 is 24.0 Å². The Morgan fingerprint density at radius 2 is 1.58 bits per heavy atom. The molecule has 43 heavy (non-hydrogen) atoms. The van der Waals surface area contributed by atoms with E-state index in [9.17, 15) is 24.5 Å². The highest BCUT2D eigenvalue weighted by Crippen LogP contribution is 2.39. The number of aryl methyl sites for hydroxylation is 2. The molecule has 0 radical (unpaired) electrons. The summed E-state index contributed by atoms with van der Waals surface area (Å²) in [6.07, 6.45) is 0. The molecule has 10 nitrogen and oxygen atoms in total. The lowest BCUT2D eigenvalue weighted by Gasteiger charge is -2.16. The van der Waals surface area contributed by atoms with Crippen LogP contribution in [-0.2, 0) is 9.59 Å². The minimum atomic E-state index is -0.537. The number of carbonyl (C=O) groups excluding carboxylic acids is 3. The number of amides is 3. The lowest BCUT2D eigenvalue weighted by atomic mass is 10.1. The number of non-ortho nitro benzene ring substituents is 1. The molecule has 216 valence electrons. The summed E-state index contributed by atoms with van der Waals surface area (Å²) >= 11 is 1.10. The van der Waals surface area contributed by atoms with Crippen LogP contribution in [0.4, 0.5) is 22.7 Å². The van der Waals surface area contributed by atoms with Gasteiger partial charge in [0.1, 0.15) is 16.4 Å². The van der Waals surface area contributed by atoms with Gasteiger partial charge in [-0.1, -0.05) is 23.9 Å². The van der Waals surface area contributed by atoms with Crippen LogP contribution >= 0.6 is 11.8 Å². The van der Waals surface area contributed by atoms with Crippen molar-refractivity contribution in [1.29, 1.82) is 0 Å². The first-order valence-electron chi connectivity index (χ1n) is 13.1. The molecule has 0 fully saturated rings. The van der Waals surface area contributed by atoms with Gasteiger partial charge in [-0.05, 0) is 91.7 Å². The van der Waals surface area contributed by atoms with Gasteiger partial charge in [-0.25, -0.2) is 4.90 Å². The Bertz CT molecular complexity index is 1780. The number of anilines is 3. The second-order valence-electron chi connectivity index (χ2n) is 9.66. The average Bonchev–Trinajstić information content (AvgIpc) is 3.23. The first-order chi connectivity index (χ1) is 20.6. The van der Waals surface area contributed by atoms with Gasteiger partial charge in [0.05, 0.1) is 17.7 Å². The van der Waals surface area contributed by atoms with E-state index in [1.807, 2.05) is 32.0 Å². The molecule has 5 rings (SSSR count). The Balaban J connectivity index is 1.44. The van der Waals surface area contributed by atoms with Gasteiger partial charge in [0.2, 0.25) is 0 Å². The van der Waals surface area contributed by atoms with Crippen LogP contribution in [0.25, 0.3) is 0 Å². The number of thioether (sulfide) groups is 1. The zero-order valence-electron chi connectivity index (χ0n) is 23.4. The van der Waals surface area contributed by atoms with Gasteiger partial charge >= 0.3 is 0 Å². The number of methoxy groups -OCH3 is 1. The Morgan fingerprint density at radius 1 is 0.860 bits per heavy atom. The highest BCUT2D eigenvalue weighted by atomic mass is 32.2. The van der Waals surface area contributed by atoms with Crippen LogP contribution in [0.15, 0.2) is 106 Å². The lowest BCUT2D eigenvalue weighted by Crippen LogP contribution is -2.32. The van der Waals surface area contributed by atoms with Crippen LogP contribution < -0.4 is 20.3 Å². The van der Waals surface area contributed by atoms with Crippen molar-refractivity contribution in [2.75, 3.05) is 22.6 Å². The molecule has 0 atom stereocenters. The Labute approximate surface area is 251 Å². The van der Waals surface area contributed by atoms with Crippen molar-refractivity contribution >= 4 is 52.2 Å². The number of imide groups is 1. The number of nitrogens with zero attached hydrogens (tertiary/aromatic N) is 2. The van der Waals surface area contributed by atoms with Gasteiger partial charge in [-0.3, -0.25) is 24.5 Å². The Hall–Kier alpha value is -5.42. The summed E-state index contributed by atoms with van der Waals surface area (Å²) in [6.45, 7) is 3.95. The van der Waals surface area contributed by atoms with E-state index >= 15 is 0 Å². The molecule has 0 spiro atoms. The van der Waals surface area contributed by atoms with Gasteiger partial charge in [0.25, 0.3) is 23.4 Å². The number of carbonyl (C=O) groups is 3. The van der Waals surface area contributed by atoms with E-state index < -0.39 is 22.6 Å². The van der Waals surface area contributed by atoms with Crippen LogP contribution in [0, 0.1) is 24.0 Å². The fourth-order valence-electron chi connectivity index (χ4n) is 4.34. The van der Waals surface area contributed by atoms with Crippen LogP contribution in [0.1, 0.15) is 21.5 Å². The monoisotopic (exact) mass is 594 g/mol. The molecular formula is C32H26N4O6S. The number of nitrogens with one attached hydrogen (secondary N) is 2.